The second-order valence-corrected chi connectivity index (χ2v) is 7.04. The molecule has 1 amide bonds. The third-order valence-corrected chi connectivity index (χ3v) is 5.48. The Labute approximate surface area is 123 Å². The van der Waals surface area contributed by atoms with E-state index in [4.69, 9.17) is 0 Å². The summed E-state index contributed by atoms with van der Waals surface area (Å²) < 4.78 is 2.14. The number of halogens is 2. The molecule has 0 saturated carbocycles. The van der Waals surface area contributed by atoms with Crippen LogP contribution in [-0.4, -0.2) is 18.5 Å². The van der Waals surface area contributed by atoms with Crippen LogP contribution in [0.1, 0.15) is 25.1 Å². The summed E-state index contributed by atoms with van der Waals surface area (Å²) in [7, 11) is 0. The Kier molecular flexibility index (Phi) is 6.69. The molecule has 96 valence electrons. The summed E-state index contributed by atoms with van der Waals surface area (Å²) in [5.74, 6) is 0.0570. The van der Waals surface area contributed by atoms with Crippen LogP contribution in [0, 0.1) is 0 Å². The first-order chi connectivity index (χ1) is 8.04. The lowest BCUT2D eigenvalue weighted by molar-refractivity contribution is -0.122. The van der Waals surface area contributed by atoms with Crippen molar-refractivity contribution in [1.29, 1.82) is 0 Å². The van der Waals surface area contributed by atoms with Gasteiger partial charge in [0, 0.05) is 22.4 Å². The van der Waals surface area contributed by atoms with E-state index in [0.29, 0.717) is 6.54 Å². The van der Waals surface area contributed by atoms with Gasteiger partial charge in [0.25, 0.3) is 0 Å². The summed E-state index contributed by atoms with van der Waals surface area (Å²) in [6.07, 6.45) is 0.962. The molecular formula is C11H16Br2N2OS. The van der Waals surface area contributed by atoms with Gasteiger partial charge in [-0.1, -0.05) is 6.92 Å². The Bertz CT molecular complexity index is 362. The molecule has 1 aromatic rings. The molecule has 1 aromatic heterocycles. The van der Waals surface area contributed by atoms with Gasteiger partial charge in [0.15, 0.2) is 0 Å². The largest absolute Gasteiger partial charge is 0.355 e. The van der Waals surface area contributed by atoms with Crippen molar-refractivity contribution in [2.45, 2.75) is 32.9 Å². The molecule has 0 aliphatic carbocycles. The van der Waals surface area contributed by atoms with Crippen molar-refractivity contribution in [3.05, 3.63) is 19.2 Å². The molecule has 2 N–H and O–H groups in total. The Hall–Kier alpha value is 0.0900. The van der Waals surface area contributed by atoms with Gasteiger partial charge in [-0.15, -0.1) is 11.3 Å². The lowest BCUT2D eigenvalue weighted by atomic mass is 10.3. The van der Waals surface area contributed by atoms with Gasteiger partial charge in [0.05, 0.1) is 9.83 Å². The van der Waals surface area contributed by atoms with E-state index in [1.807, 2.05) is 13.8 Å². The molecule has 0 radical (unpaired) electrons. The van der Waals surface area contributed by atoms with Gasteiger partial charge in [-0.05, 0) is 51.3 Å². The zero-order chi connectivity index (χ0) is 12.8. The molecule has 1 rings (SSSR count). The summed E-state index contributed by atoms with van der Waals surface area (Å²) >= 11 is 8.55. The second-order valence-electron chi connectivity index (χ2n) is 3.73. The maximum Gasteiger partial charge on any atom is 0.236 e. The van der Waals surface area contributed by atoms with Crippen molar-refractivity contribution in [3.8, 4) is 0 Å². The number of nitrogens with one attached hydrogen (secondary N) is 2. The highest BCUT2D eigenvalue weighted by atomic mass is 79.9. The maximum atomic E-state index is 11.6. The molecule has 0 spiro atoms. The maximum absolute atomic E-state index is 11.6. The van der Waals surface area contributed by atoms with E-state index in [1.165, 1.54) is 4.88 Å². The molecule has 0 aliphatic rings. The Morgan fingerprint density at radius 1 is 1.53 bits per heavy atom. The zero-order valence-corrected chi connectivity index (χ0v) is 13.8. The summed E-state index contributed by atoms with van der Waals surface area (Å²) in [5, 5.41) is 6.07. The number of hydrogen-bond acceptors (Lipinski definition) is 3. The van der Waals surface area contributed by atoms with Crippen molar-refractivity contribution in [1.82, 2.24) is 10.6 Å². The van der Waals surface area contributed by atoms with Crippen LogP contribution in [0.3, 0.4) is 0 Å². The minimum absolute atomic E-state index is 0.0570. The highest BCUT2D eigenvalue weighted by Gasteiger charge is 2.12. The number of rotatable bonds is 6. The average molecular weight is 384 g/mol. The van der Waals surface area contributed by atoms with E-state index in [1.54, 1.807) is 11.3 Å². The van der Waals surface area contributed by atoms with Crippen LogP contribution < -0.4 is 10.6 Å². The monoisotopic (exact) mass is 382 g/mol. The van der Waals surface area contributed by atoms with E-state index in [0.717, 1.165) is 21.2 Å². The fourth-order valence-electron chi connectivity index (χ4n) is 1.23. The van der Waals surface area contributed by atoms with Crippen LogP contribution in [0.5, 0.6) is 0 Å². The molecule has 0 saturated heterocycles. The van der Waals surface area contributed by atoms with Gasteiger partial charge >= 0.3 is 0 Å². The third-order valence-electron chi connectivity index (χ3n) is 2.22. The van der Waals surface area contributed by atoms with Crippen molar-refractivity contribution < 1.29 is 4.79 Å². The number of hydrogen-bond donors (Lipinski definition) is 2. The SMILES string of the molecule is CCCNC(=O)C(C)NCc1cc(Br)c(Br)s1. The van der Waals surface area contributed by atoms with E-state index in [2.05, 4.69) is 48.6 Å². The number of amides is 1. The van der Waals surface area contributed by atoms with Gasteiger partial charge in [-0.3, -0.25) is 4.79 Å². The van der Waals surface area contributed by atoms with E-state index >= 15 is 0 Å². The van der Waals surface area contributed by atoms with Crippen LogP contribution >= 0.6 is 43.2 Å². The van der Waals surface area contributed by atoms with Crippen molar-refractivity contribution in [2.75, 3.05) is 6.54 Å². The highest BCUT2D eigenvalue weighted by Crippen LogP contribution is 2.32. The smallest absolute Gasteiger partial charge is 0.236 e. The van der Waals surface area contributed by atoms with Gasteiger partial charge in [0.1, 0.15) is 0 Å². The normalized spacial score (nSPS) is 12.5. The first-order valence-electron chi connectivity index (χ1n) is 5.49. The molecule has 17 heavy (non-hydrogen) atoms. The molecule has 1 atom stereocenters. The third kappa shape index (κ3) is 5.07. The lowest BCUT2D eigenvalue weighted by Crippen LogP contribution is -2.41. The summed E-state index contributed by atoms with van der Waals surface area (Å²) in [4.78, 5) is 12.8. The Morgan fingerprint density at radius 3 is 2.76 bits per heavy atom. The van der Waals surface area contributed by atoms with E-state index < -0.39 is 0 Å². The molecule has 1 heterocycles. The van der Waals surface area contributed by atoms with E-state index in [9.17, 15) is 4.79 Å². The topological polar surface area (TPSA) is 41.1 Å². The Balaban J connectivity index is 2.37. The molecule has 0 aromatic carbocycles. The van der Waals surface area contributed by atoms with Gasteiger partial charge in [-0.2, -0.15) is 0 Å². The molecular weight excluding hydrogens is 368 g/mol. The highest BCUT2D eigenvalue weighted by molar-refractivity contribution is 9.13. The van der Waals surface area contributed by atoms with Crippen LogP contribution in [0.15, 0.2) is 14.3 Å². The van der Waals surface area contributed by atoms with Crippen molar-refractivity contribution >= 4 is 49.1 Å². The van der Waals surface area contributed by atoms with Crippen LogP contribution in [0.2, 0.25) is 0 Å². The van der Waals surface area contributed by atoms with E-state index in [-0.39, 0.29) is 11.9 Å². The van der Waals surface area contributed by atoms with Crippen molar-refractivity contribution in [2.24, 2.45) is 0 Å². The summed E-state index contributed by atoms with van der Waals surface area (Å²) in [6.45, 7) is 5.36. The number of carbonyl (C=O) groups is 1. The zero-order valence-electron chi connectivity index (χ0n) is 9.85. The minimum Gasteiger partial charge on any atom is -0.355 e. The van der Waals surface area contributed by atoms with Crippen LogP contribution in [-0.2, 0) is 11.3 Å². The quantitative estimate of drug-likeness (QED) is 0.791. The standard InChI is InChI=1S/C11H16Br2N2OS/c1-3-4-14-11(16)7(2)15-6-8-5-9(12)10(13)17-8/h5,7,15H,3-4,6H2,1-2H3,(H,14,16). The molecule has 0 fully saturated rings. The molecule has 6 heteroatoms. The van der Waals surface area contributed by atoms with Crippen LogP contribution in [0.25, 0.3) is 0 Å². The fraction of sp³-hybridized carbons (Fsp3) is 0.545. The fourth-order valence-corrected chi connectivity index (χ4v) is 3.35. The number of carbonyl (C=O) groups excluding carboxylic acids is 1. The number of thiophene rings is 1. The van der Waals surface area contributed by atoms with Gasteiger partial charge < -0.3 is 10.6 Å². The molecule has 0 bridgehead atoms. The second kappa shape index (κ2) is 7.51. The lowest BCUT2D eigenvalue weighted by Gasteiger charge is -2.12. The summed E-state index contributed by atoms with van der Waals surface area (Å²) in [5.41, 5.74) is 0. The van der Waals surface area contributed by atoms with Gasteiger partial charge in [-0.25, -0.2) is 0 Å². The Morgan fingerprint density at radius 2 is 2.24 bits per heavy atom. The predicted molar refractivity (Wildman–Crippen MR) is 79.3 cm³/mol. The minimum atomic E-state index is -0.166. The molecule has 1 unspecified atom stereocenters. The first-order valence-corrected chi connectivity index (χ1v) is 7.89. The van der Waals surface area contributed by atoms with Crippen LogP contribution in [0.4, 0.5) is 0 Å². The van der Waals surface area contributed by atoms with Gasteiger partial charge in [0.2, 0.25) is 5.91 Å². The average Bonchev–Trinajstić information content (AvgIpc) is 2.62. The molecule has 3 nitrogen and oxygen atoms in total. The van der Waals surface area contributed by atoms with Crippen molar-refractivity contribution in [3.63, 3.8) is 0 Å². The summed E-state index contributed by atoms with van der Waals surface area (Å²) in [6, 6.07) is 1.89. The molecule has 0 aliphatic heterocycles. The first kappa shape index (κ1) is 15.1. The predicted octanol–water partition coefficient (Wildman–Crippen LogP) is 3.28.